The van der Waals surface area contributed by atoms with Gasteiger partial charge in [-0.05, 0) is 42.7 Å². The lowest BCUT2D eigenvalue weighted by Crippen LogP contribution is -2.41. The summed E-state index contributed by atoms with van der Waals surface area (Å²) in [7, 11) is 4.66. The first-order valence-corrected chi connectivity index (χ1v) is 11.1. The van der Waals surface area contributed by atoms with Crippen LogP contribution in [0.1, 0.15) is 48.0 Å². The van der Waals surface area contributed by atoms with E-state index in [1.807, 2.05) is 17.0 Å². The van der Waals surface area contributed by atoms with Crippen molar-refractivity contribution in [2.45, 2.75) is 44.7 Å². The van der Waals surface area contributed by atoms with Crippen LogP contribution in [-0.2, 0) is 11.3 Å². The average Bonchev–Trinajstić information content (AvgIpc) is 2.85. The standard InChI is InChI=1S/C25H32N2O6/c1-30-20-12-18(13-21(14-20)31-2)25(29)27(19-7-5-4-6-8-19)15-17-9-10-22(23(11-17)32-3)33-16-24(26)28/h9-14,19H,4-8,15-16H2,1-3H3,(H2,26,28). The molecule has 33 heavy (non-hydrogen) atoms. The molecule has 0 atom stereocenters. The van der Waals surface area contributed by atoms with Gasteiger partial charge in [0.25, 0.3) is 11.8 Å². The molecule has 2 amide bonds. The number of hydrogen-bond acceptors (Lipinski definition) is 6. The number of carbonyl (C=O) groups excluding carboxylic acids is 2. The maximum atomic E-state index is 13.7. The molecule has 3 rings (SSSR count). The van der Waals surface area contributed by atoms with Gasteiger partial charge < -0.3 is 29.6 Å². The third-order valence-electron chi connectivity index (χ3n) is 5.83. The minimum absolute atomic E-state index is 0.0767. The highest BCUT2D eigenvalue weighted by atomic mass is 16.5. The van der Waals surface area contributed by atoms with Crippen LogP contribution < -0.4 is 24.7 Å². The van der Waals surface area contributed by atoms with Gasteiger partial charge in [-0.15, -0.1) is 0 Å². The Hall–Kier alpha value is -3.42. The molecule has 1 fully saturated rings. The molecule has 0 saturated heterocycles. The quantitative estimate of drug-likeness (QED) is 0.587. The van der Waals surface area contributed by atoms with Gasteiger partial charge in [0.2, 0.25) is 0 Å². The molecule has 0 heterocycles. The number of nitrogens with zero attached hydrogens (tertiary/aromatic N) is 1. The molecule has 0 spiro atoms. The molecule has 1 aliphatic rings. The van der Waals surface area contributed by atoms with Crippen LogP contribution in [0.4, 0.5) is 0 Å². The molecule has 1 aliphatic carbocycles. The van der Waals surface area contributed by atoms with E-state index in [2.05, 4.69) is 0 Å². The fourth-order valence-corrected chi connectivity index (χ4v) is 4.13. The molecule has 8 heteroatoms. The first-order chi connectivity index (χ1) is 15.9. The largest absolute Gasteiger partial charge is 0.497 e. The number of carbonyl (C=O) groups is 2. The Labute approximate surface area is 194 Å². The third-order valence-corrected chi connectivity index (χ3v) is 5.83. The topological polar surface area (TPSA) is 100 Å². The molecular weight excluding hydrogens is 424 g/mol. The van der Waals surface area contributed by atoms with Crippen LogP contribution >= 0.6 is 0 Å². The zero-order chi connectivity index (χ0) is 23.8. The van der Waals surface area contributed by atoms with Gasteiger partial charge in [-0.1, -0.05) is 25.3 Å². The van der Waals surface area contributed by atoms with Crippen molar-refractivity contribution in [1.82, 2.24) is 4.90 Å². The van der Waals surface area contributed by atoms with Crippen molar-refractivity contribution in [1.29, 1.82) is 0 Å². The van der Waals surface area contributed by atoms with Crippen LogP contribution in [0.2, 0.25) is 0 Å². The number of rotatable bonds is 10. The Bertz CT molecular complexity index is 949. The first-order valence-electron chi connectivity index (χ1n) is 11.1. The van der Waals surface area contributed by atoms with E-state index in [1.54, 1.807) is 38.5 Å². The summed E-state index contributed by atoms with van der Waals surface area (Å²) in [5.74, 6) is 1.40. The number of amides is 2. The number of primary amides is 1. The molecule has 2 aromatic rings. The van der Waals surface area contributed by atoms with E-state index in [9.17, 15) is 9.59 Å². The fourth-order valence-electron chi connectivity index (χ4n) is 4.13. The summed E-state index contributed by atoms with van der Waals surface area (Å²) >= 11 is 0. The van der Waals surface area contributed by atoms with Crippen LogP contribution in [0, 0.1) is 0 Å². The first kappa shape index (κ1) is 24.2. The van der Waals surface area contributed by atoms with Crippen LogP contribution in [0.25, 0.3) is 0 Å². The molecule has 1 saturated carbocycles. The Kier molecular flexibility index (Phi) is 8.40. The molecule has 0 aliphatic heterocycles. The number of nitrogens with two attached hydrogens (primary N) is 1. The summed E-state index contributed by atoms with van der Waals surface area (Å²) in [5, 5.41) is 0. The van der Waals surface area contributed by atoms with Crippen molar-refractivity contribution < 1.29 is 28.5 Å². The zero-order valence-corrected chi connectivity index (χ0v) is 19.5. The Balaban J connectivity index is 1.90. The van der Waals surface area contributed by atoms with Crippen molar-refractivity contribution in [2.24, 2.45) is 5.73 Å². The monoisotopic (exact) mass is 456 g/mol. The highest BCUT2D eigenvalue weighted by Crippen LogP contribution is 2.32. The predicted molar refractivity (Wildman–Crippen MR) is 124 cm³/mol. The second kappa shape index (κ2) is 11.4. The SMILES string of the molecule is COc1cc(OC)cc(C(=O)N(Cc2ccc(OCC(N)=O)c(OC)c2)C2CCCCC2)c1. The summed E-state index contributed by atoms with van der Waals surface area (Å²) in [4.78, 5) is 26.7. The van der Waals surface area contributed by atoms with E-state index < -0.39 is 5.91 Å². The van der Waals surface area contributed by atoms with E-state index in [1.165, 1.54) is 13.5 Å². The van der Waals surface area contributed by atoms with E-state index in [0.717, 1.165) is 31.2 Å². The number of hydrogen-bond donors (Lipinski definition) is 1. The van der Waals surface area contributed by atoms with Gasteiger partial charge in [0.1, 0.15) is 11.5 Å². The summed E-state index contributed by atoms with van der Waals surface area (Å²) in [6.07, 6.45) is 5.30. The van der Waals surface area contributed by atoms with Gasteiger partial charge in [-0.3, -0.25) is 9.59 Å². The number of ether oxygens (including phenoxy) is 4. The molecule has 0 aromatic heterocycles. The van der Waals surface area contributed by atoms with E-state index in [4.69, 9.17) is 24.7 Å². The van der Waals surface area contributed by atoms with Gasteiger partial charge >= 0.3 is 0 Å². The van der Waals surface area contributed by atoms with E-state index >= 15 is 0 Å². The predicted octanol–water partition coefficient (Wildman–Crippen LogP) is 3.55. The maximum Gasteiger partial charge on any atom is 0.255 e. The van der Waals surface area contributed by atoms with Crippen molar-refractivity contribution in [3.63, 3.8) is 0 Å². The molecule has 0 radical (unpaired) electrons. The second-order valence-corrected chi connectivity index (χ2v) is 8.07. The van der Waals surface area contributed by atoms with E-state index in [-0.39, 0.29) is 18.6 Å². The molecule has 8 nitrogen and oxygen atoms in total. The van der Waals surface area contributed by atoms with Crippen LogP contribution in [0.5, 0.6) is 23.0 Å². The lowest BCUT2D eigenvalue weighted by Gasteiger charge is -2.35. The average molecular weight is 457 g/mol. The lowest BCUT2D eigenvalue weighted by atomic mass is 9.93. The van der Waals surface area contributed by atoms with Crippen LogP contribution in [0.3, 0.4) is 0 Å². The molecule has 2 N–H and O–H groups in total. The summed E-state index contributed by atoms with van der Waals surface area (Å²) < 4.78 is 21.6. The minimum atomic E-state index is -0.566. The van der Waals surface area contributed by atoms with Crippen LogP contribution in [-0.4, -0.2) is 50.7 Å². The Morgan fingerprint density at radius 3 is 2.15 bits per heavy atom. The fraction of sp³-hybridized carbons (Fsp3) is 0.440. The van der Waals surface area contributed by atoms with Gasteiger partial charge in [-0.2, -0.15) is 0 Å². The Morgan fingerprint density at radius 1 is 0.909 bits per heavy atom. The minimum Gasteiger partial charge on any atom is -0.497 e. The van der Waals surface area contributed by atoms with Gasteiger partial charge in [0, 0.05) is 24.2 Å². The van der Waals surface area contributed by atoms with Crippen molar-refractivity contribution in [3.05, 3.63) is 47.5 Å². The van der Waals surface area contributed by atoms with E-state index in [0.29, 0.717) is 35.1 Å². The van der Waals surface area contributed by atoms with Gasteiger partial charge in [-0.25, -0.2) is 0 Å². The molecular formula is C25H32N2O6. The second-order valence-electron chi connectivity index (χ2n) is 8.07. The molecule has 178 valence electrons. The highest BCUT2D eigenvalue weighted by Gasteiger charge is 2.27. The van der Waals surface area contributed by atoms with Crippen LogP contribution in [0.15, 0.2) is 36.4 Å². The van der Waals surface area contributed by atoms with Gasteiger partial charge in [0.05, 0.1) is 21.3 Å². The summed E-state index contributed by atoms with van der Waals surface area (Å²) in [6.45, 7) is 0.176. The lowest BCUT2D eigenvalue weighted by molar-refractivity contribution is -0.119. The molecule has 0 unspecified atom stereocenters. The van der Waals surface area contributed by atoms with Crippen molar-refractivity contribution >= 4 is 11.8 Å². The third kappa shape index (κ3) is 6.31. The highest BCUT2D eigenvalue weighted by molar-refractivity contribution is 5.95. The summed E-state index contributed by atoms with van der Waals surface area (Å²) in [5.41, 5.74) is 6.59. The normalized spacial score (nSPS) is 13.8. The molecule has 0 bridgehead atoms. The maximum absolute atomic E-state index is 13.7. The smallest absolute Gasteiger partial charge is 0.255 e. The number of benzene rings is 2. The molecule has 2 aromatic carbocycles. The van der Waals surface area contributed by atoms with Gasteiger partial charge in [0.15, 0.2) is 18.1 Å². The summed E-state index contributed by atoms with van der Waals surface area (Å²) in [6, 6.07) is 10.8. The van der Waals surface area contributed by atoms with Crippen molar-refractivity contribution in [2.75, 3.05) is 27.9 Å². The zero-order valence-electron chi connectivity index (χ0n) is 19.5. The Morgan fingerprint density at radius 2 is 1.58 bits per heavy atom. The van der Waals surface area contributed by atoms with Crippen molar-refractivity contribution in [3.8, 4) is 23.0 Å². The number of methoxy groups -OCH3 is 3.